The molecule has 0 saturated heterocycles. The summed E-state index contributed by atoms with van der Waals surface area (Å²) >= 11 is 2.94. The summed E-state index contributed by atoms with van der Waals surface area (Å²) in [5.41, 5.74) is 0.880. The highest BCUT2D eigenvalue weighted by Gasteiger charge is 2.35. The number of hydrogen-bond donors (Lipinski definition) is 0. The van der Waals surface area contributed by atoms with Crippen molar-refractivity contribution in [2.75, 3.05) is 0 Å². The van der Waals surface area contributed by atoms with Crippen molar-refractivity contribution in [1.82, 2.24) is 0 Å². The highest BCUT2D eigenvalue weighted by Crippen LogP contribution is 2.41. The number of carbonyl (C=O) groups excluding carboxylic acids is 2. The molecule has 0 amide bonds. The third-order valence-corrected chi connectivity index (χ3v) is 4.78. The zero-order valence-electron chi connectivity index (χ0n) is 8.35. The van der Waals surface area contributed by atoms with Gasteiger partial charge in [-0.2, -0.15) is 0 Å². The number of benzene rings is 1. The second kappa shape index (κ2) is 2.94. The number of fused-ring (bicyclic) bond motifs is 6. The molecule has 1 aromatic carbocycles. The summed E-state index contributed by atoms with van der Waals surface area (Å²) in [5, 5.41) is 5.91. The lowest BCUT2D eigenvalue weighted by Crippen LogP contribution is -1.97. The standard InChI is InChI=1S/C12H4O3S2/c13-11-7-8(12(14)15-11)10-6(2-4-17-10)5-1-3-16-9(5)7/h1-4H. The molecule has 1 aliphatic heterocycles. The lowest BCUT2D eigenvalue weighted by atomic mass is 10.0. The van der Waals surface area contributed by atoms with Crippen LogP contribution in [0.5, 0.6) is 0 Å². The van der Waals surface area contributed by atoms with E-state index in [-0.39, 0.29) is 0 Å². The average molecular weight is 260 g/mol. The minimum absolute atomic E-state index is 0.440. The molecule has 5 heteroatoms. The Labute approximate surface area is 103 Å². The van der Waals surface area contributed by atoms with Crippen LogP contribution in [0, 0.1) is 0 Å². The number of carbonyl (C=O) groups is 2. The molecule has 0 N–H and O–H groups in total. The van der Waals surface area contributed by atoms with Crippen LogP contribution in [-0.4, -0.2) is 11.9 Å². The molecule has 0 radical (unpaired) electrons. The molecule has 2 aromatic heterocycles. The predicted octanol–water partition coefficient (Wildman–Crippen LogP) is 3.43. The Kier molecular flexibility index (Phi) is 1.61. The Hall–Kier alpha value is -1.72. The van der Waals surface area contributed by atoms with Crippen LogP contribution >= 0.6 is 22.7 Å². The monoisotopic (exact) mass is 260 g/mol. The van der Waals surface area contributed by atoms with E-state index in [0.29, 0.717) is 11.1 Å². The molecule has 0 unspecified atom stereocenters. The van der Waals surface area contributed by atoms with Gasteiger partial charge in [-0.3, -0.25) is 0 Å². The molecule has 1 aliphatic rings. The van der Waals surface area contributed by atoms with Crippen LogP contribution in [0.2, 0.25) is 0 Å². The summed E-state index contributed by atoms with van der Waals surface area (Å²) in [4.78, 5) is 23.4. The third-order valence-electron chi connectivity index (χ3n) is 2.92. The molecule has 0 bridgehead atoms. The van der Waals surface area contributed by atoms with Gasteiger partial charge in [0.1, 0.15) is 0 Å². The first-order chi connectivity index (χ1) is 8.27. The maximum atomic E-state index is 11.7. The number of rotatable bonds is 0. The fourth-order valence-corrected chi connectivity index (χ4v) is 4.13. The largest absolute Gasteiger partial charge is 0.386 e. The molecule has 0 atom stereocenters. The van der Waals surface area contributed by atoms with Crippen LogP contribution in [0.15, 0.2) is 22.9 Å². The van der Waals surface area contributed by atoms with Crippen molar-refractivity contribution in [2.45, 2.75) is 0 Å². The van der Waals surface area contributed by atoms with Crippen molar-refractivity contribution >= 4 is 54.8 Å². The Bertz CT molecular complexity index is 742. The van der Waals surface area contributed by atoms with Crippen LogP contribution in [0.3, 0.4) is 0 Å². The van der Waals surface area contributed by atoms with E-state index in [1.807, 2.05) is 22.9 Å². The zero-order valence-corrected chi connectivity index (χ0v) is 9.98. The molecule has 3 aromatic rings. The number of hydrogen-bond acceptors (Lipinski definition) is 5. The van der Waals surface area contributed by atoms with E-state index in [4.69, 9.17) is 4.74 Å². The van der Waals surface area contributed by atoms with E-state index in [9.17, 15) is 9.59 Å². The minimum Gasteiger partial charge on any atom is -0.386 e. The fraction of sp³-hybridized carbons (Fsp3) is 0. The lowest BCUT2D eigenvalue weighted by Gasteiger charge is -1.98. The maximum Gasteiger partial charge on any atom is 0.348 e. The molecule has 3 nitrogen and oxygen atoms in total. The van der Waals surface area contributed by atoms with E-state index < -0.39 is 11.9 Å². The molecule has 3 heterocycles. The number of thiophene rings is 2. The van der Waals surface area contributed by atoms with E-state index in [1.54, 1.807) is 0 Å². The highest BCUT2D eigenvalue weighted by atomic mass is 32.1. The van der Waals surface area contributed by atoms with Gasteiger partial charge < -0.3 is 4.74 Å². The summed E-state index contributed by atoms with van der Waals surface area (Å²) in [6.45, 7) is 0. The van der Waals surface area contributed by atoms with Crippen molar-refractivity contribution in [3.05, 3.63) is 34.0 Å². The number of ether oxygens (including phenoxy) is 1. The van der Waals surface area contributed by atoms with Crippen molar-refractivity contribution in [3.63, 3.8) is 0 Å². The second-order valence-corrected chi connectivity index (χ2v) is 5.59. The fourth-order valence-electron chi connectivity index (χ4n) is 2.23. The molecule has 0 fully saturated rings. The summed E-state index contributed by atoms with van der Waals surface area (Å²) in [7, 11) is 0. The van der Waals surface area contributed by atoms with E-state index in [2.05, 4.69) is 0 Å². The summed E-state index contributed by atoms with van der Waals surface area (Å²) in [6.07, 6.45) is 0. The van der Waals surface area contributed by atoms with Gasteiger partial charge in [-0.1, -0.05) is 0 Å². The van der Waals surface area contributed by atoms with E-state index >= 15 is 0 Å². The average Bonchev–Trinajstić information content (AvgIpc) is 2.96. The molecule has 4 rings (SSSR count). The molecule has 0 aliphatic carbocycles. The highest BCUT2D eigenvalue weighted by molar-refractivity contribution is 7.20. The van der Waals surface area contributed by atoms with Gasteiger partial charge in [0.15, 0.2) is 0 Å². The normalized spacial score (nSPS) is 14.6. The molecule has 82 valence electrons. The molecular formula is C12H4O3S2. The summed E-state index contributed by atoms with van der Waals surface area (Å²) in [6, 6.07) is 3.96. The molecular weight excluding hydrogens is 256 g/mol. The Balaban J connectivity index is 2.40. The van der Waals surface area contributed by atoms with E-state index in [0.717, 1.165) is 20.2 Å². The van der Waals surface area contributed by atoms with Gasteiger partial charge in [-0.15, -0.1) is 22.7 Å². The molecule has 0 saturated carbocycles. The van der Waals surface area contributed by atoms with Gasteiger partial charge in [0.05, 0.1) is 20.5 Å². The van der Waals surface area contributed by atoms with E-state index in [1.165, 1.54) is 22.7 Å². The van der Waals surface area contributed by atoms with Crippen LogP contribution in [0.1, 0.15) is 20.7 Å². The van der Waals surface area contributed by atoms with Gasteiger partial charge in [0.25, 0.3) is 0 Å². The van der Waals surface area contributed by atoms with Crippen molar-refractivity contribution in [2.24, 2.45) is 0 Å². The quantitative estimate of drug-likeness (QED) is 0.459. The zero-order chi connectivity index (χ0) is 11.6. The Morgan fingerprint density at radius 3 is 1.76 bits per heavy atom. The van der Waals surface area contributed by atoms with Gasteiger partial charge >= 0.3 is 11.9 Å². The summed E-state index contributed by atoms with van der Waals surface area (Å²) in [5.74, 6) is -1.04. The van der Waals surface area contributed by atoms with Gasteiger partial charge in [0.2, 0.25) is 0 Å². The van der Waals surface area contributed by atoms with Crippen LogP contribution in [0.4, 0.5) is 0 Å². The SMILES string of the molecule is O=C1OC(=O)c2c1c1sccc1c1ccsc21. The lowest BCUT2D eigenvalue weighted by molar-refractivity contribution is 0.0445. The predicted molar refractivity (Wildman–Crippen MR) is 67.0 cm³/mol. The van der Waals surface area contributed by atoms with Gasteiger partial charge in [0, 0.05) is 10.8 Å². The van der Waals surface area contributed by atoms with Crippen molar-refractivity contribution in [3.8, 4) is 0 Å². The number of esters is 2. The summed E-state index contributed by atoms with van der Waals surface area (Å²) < 4.78 is 6.42. The first-order valence-electron chi connectivity index (χ1n) is 4.94. The maximum absolute atomic E-state index is 11.7. The van der Waals surface area contributed by atoms with Crippen LogP contribution < -0.4 is 0 Å². The molecule has 0 spiro atoms. The topological polar surface area (TPSA) is 43.4 Å². The second-order valence-electron chi connectivity index (χ2n) is 3.75. The van der Waals surface area contributed by atoms with Crippen LogP contribution in [0.25, 0.3) is 20.2 Å². The number of cyclic esters (lactones) is 2. The minimum atomic E-state index is -0.521. The van der Waals surface area contributed by atoms with Crippen LogP contribution in [-0.2, 0) is 4.74 Å². The smallest absolute Gasteiger partial charge is 0.348 e. The van der Waals surface area contributed by atoms with Gasteiger partial charge in [-0.05, 0) is 22.9 Å². The van der Waals surface area contributed by atoms with Crippen molar-refractivity contribution in [1.29, 1.82) is 0 Å². The Morgan fingerprint density at radius 2 is 1.29 bits per heavy atom. The first-order valence-corrected chi connectivity index (χ1v) is 6.70. The van der Waals surface area contributed by atoms with Gasteiger partial charge in [-0.25, -0.2) is 9.59 Å². The van der Waals surface area contributed by atoms with Crippen molar-refractivity contribution < 1.29 is 14.3 Å². The Morgan fingerprint density at radius 1 is 0.824 bits per heavy atom. The third kappa shape index (κ3) is 1.01. The first kappa shape index (κ1) is 9.32. The molecule has 17 heavy (non-hydrogen) atoms.